The summed E-state index contributed by atoms with van der Waals surface area (Å²) < 4.78 is 29.0. The lowest BCUT2D eigenvalue weighted by atomic mass is 10.2. The summed E-state index contributed by atoms with van der Waals surface area (Å²) >= 11 is 0. The molecular weight excluding hydrogens is 206 g/mol. The van der Waals surface area contributed by atoms with Crippen molar-refractivity contribution in [3.8, 4) is 0 Å². The number of hydrogen-bond acceptors (Lipinski definition) is 3. The zero-order valence-corrected chi connectivity index (χ0v) is 8.93. The van der Waals surface area contributed by atoms with Gasteiger partial charge in [-0.05, 0) is 12.8 Å². The first kappa shape index (κ1) is 13.1. The second-order valence-corrected chi connectivity index (χ2v) is 4.42. The van der Waals surface area contributed by atoms with Crippen molar-refractivity contribution in [1.82, 2.24) is 5.32 Å². The number of rotatable bonds is 6. The van der Waals surface area contributed by atoms with Crippen LogP contribution >= 0.6 is 0 Å². The molecule has 0 saturated carbocycles. The third-order valence-electron chi connectivity index (χ3n) is 1.61. The van der Waals surface area contributed by atoms with E-state index >= 15 is 0 Å². The van der Waals surface area contributed by atoms with Crippen molar-refractivity contribution in [3.05, 3.63) is 12.2 Å². The van der Waals surface area contributed by atoms with E-state index in [1.807, 2.05) is 0 Å². The normalized spacial score (nSPS) is 11.0. The van der Waals surface area contributed by atoms with Crippen LogP contribution in [0, 0.1) is 0 Å². The first-order valence-electron chi connectivity index (χ1n) is 4.28. The van der Waals surface area contributed by atoms with Crippen LogP contribution < -0.4 is 5.32 Å². The van der Waals surface area contributed by atoms with Gasteiger partial charge in [0.2, 0.25) is 5.91 Å². The van der Waals surface area contributed by atoms with Crippen LogP contribution in [-0.4, -0.2) is 31.2 Å². The van der Waals surface area contributed by atoms with Crippen molar-refractivity contribution in [2.45, 2.75) is 19.8 Å². The largest absolute Gasteiger partial charge is 0.352 e. The first-order valence-corrected chi connectivity index (χ1v) is 5.89. The Balaban J connectivity index is 3.66. The maximum atomic E-state index is 11.1. The predicted octanol–water partition coefficient (Wildman–Crippen LogP) is 0.347. The van der Waals surface area contributed by atoms with Gasteiger partial charge >= 0.3 is 0 Å². The van der Waals surface area contributed by atoms with Crippen molar-refractivity contribution in [1.29, 1.82) is 0 Å². The molecule has 82 valence electrons. The monoisotopic (exact) mass is 221 g/mol. The molecule has 0 aromatic heterocycles. The highest BCUT2D eigenvalue weighted by molar-refractivity contribution is 7.85. The van der Waals surface area contributed by atoms with Crippen molar-refractivity contribution < 1.29 is 17.8 Å². The SMILES string of the molecule is C=C(CC)C(=O)NCCCS(=O)(=O)O. The summed E-state index contributed by atoms with van der Waals surface area (Å²) in [6.45, 7) is 5.55. The fraction of sp³-hybridized carbons (Fsp3) is 0.625. The predicted molar refractivity (Wildman–Crippen MR) is 53.5 cm³/mol. The number of carbonyl (C=O) groups is 1. The first-order chi connectivity index (χ1) is 6.37. The molecule has 0 unspecified atom stereocenters. The number of hydrogen-bond donors (Lipinski definition) is 2. The fourth-order valence-electron chi connectivity index (χ4n) is 0.742. The van der Waals surface area contributed by atoms with Crippen LogP contribution in [0.2, 0.25) is 0 Å². The summed E-state index contributed by atoms with van der Waals surface area (Å²) in [5.74, 6) is -0.617. The van der Waals surface area contributed by atoms with Gasteiger partial charge in [0.1, 0.15) is 0 Å². The molecule has 14 heavy (non-hydrogen) atoms. The van der Waals surface area contributed by atoms with Gasteiger partial charge in [-0.3, -0.25) is 9.35 Å². The molecule has 0 atom stereocenters. The maximum Gasteiger partial charge on any atom is 0.264 e. The highest BCUT2D eigenvalue weighted by Crippen LogP contribution is 1.95. The summed E-state index contributed by atoms with van der Waals surface area (Å²) in [4.78, 5) is 11.1. The zero-order valence-electron chi connectivity index (χ0n) is 8.12. The van der Waals surface area contributed by atoms with E-state index in [1.54, 1.807) is 6.92 Å². The number of nitrogens with one attached hydrogen (secondary N) is 1. The summed E-state index contributed by atoms with van der Waals surface area (Å²) in [7, 11) is -3.92. The molecule has 1 amide bonds. The smallest absolute Gasteiger partial charge is 0.264 e. The molecule has 0 aliphatic rings. The van der Waals surface area contributed by atoms with Crippen LogP contribution in [0.1, 0.15) is 19.8 Å². The lowest BCUT2D eigenvalue weighted by molar-refractivity contribution is -0.117. The highest BCUT2D eigenvalue weighted by Gasteiger charge is 2.06. The van der Waals surface area contributed by atoms with Gasteiger partial charge in [0, 0.05) is 12.1 Å². The van der Waals surface area contributed by atoms with Crippen LogP contribution in [0.4, 0.5) is 0 Å². The van der Waals surface area contributed by atoms with E-state index in [-0.39, 0.29) is 24.6 Å². The molecule has 0 heterocycles. The molecule has 0 fully saturated rings. The molecule has 6 heteroatoms. The van der Waals surface area contributed by atoms with Crippen LogP contribution in [0.5, 0.6) is 0 Å². The molecule has 0 aliphatic heterocycles. The highest BCUT2D eigenvalue weighted by atomic mass is 32.2. The average Bonchev–Trinajstić information content (AvgIpc) is 2.09. The minimum Gasteiger partial charge on any atom is -0.352 e. The Morgan fingerprint density at radius 3 is 2.50 bits per heavy atom. The van der Waals surface area contributed by atoms with Gasteiger partial charge in [-0.2, -0.15) is 8.42 Å². The average molecular weight is 221 g/mol. The Hall–Kier alpha value is -0.880. The van der Waals surface area contributed by atoms with E-state index in [4.69, 9.17) is 4.55 Å². The second kappa shape index (κ2) is 5.77. The van der Waals surface area contributed by atoms with Gasteiger partial charge in [-0.25, -0.2) is 0 Å². The molecule has 0 aromatic rings. The Bertz CT molecular complexity index is 307. The van der Waals surface area contributed by atoms with E-state index in [0.717, 1.165) is 0 Å². The third-order valence-corrected chi connectivity index (χ3v) is 2.42. The molecule has 0 saturated heterocycles. The standard InChI is InChI=1S/C8H15NO4S/c1-3-7(2)8(10)9-5-4-6-14(11,12)13/h2-6H2,1H3,(H,9,10)(H,11,12,13). The molecule has 5 nitrogen and oxygen atoms in total. The Morgan fingerprint density at radius 1 is 1.50 bits per heavy atom. The van der Waals surface area contributed by atoms with Gasteiger partial charge < -0.3 is 5.32 Å². The lowest BCUT2D eigenvalue weighted by Gasteiger charge is -2.04. The molecular formula is C8H15NO4S. The Morgan fingerprint density at radius 2 is 2.07 bits per heavy atom. The minimum atomic E-state index is -3.92. The summed E-state index contributed by atoms with van der Waals surface area (Å²) in [5.41, 5.74) is 0.455. The van der Waals surface area contributed by atoms with Gasteiger partial charge in [0.05, 0.1) is 5.75 Å². The van der Waals surface area contributed by atoms with Gasteiger partial charge in [-0.15, -0.1) is 0 Å². The van der Waals surface area contributed by atoms with Crippen LogP contribution in [0.3, 0.4) is 0 Å². The van der Waals surface area contributed by atoms with Crippen molar-refractivity contribution in [2.24, 2.45) is 0 Å². The van der Waals surface area contributed by atoms with Crippen molar-refractivity contribution >= 4 is 16.0 Å². The second-order valence-electron chi connectivity index (χ2n) is 2.85. The van der Waals surface area contributed by atoms with Gasteiger partial charge in [0.25, 0.3) is 10.1 Å². The van der Waals surface area contributed by atoms with E-state index in [0.29, 0.717) is 12.0 Å². The number of carbonyl (C=O) groups excluding carboxylic acids is 1. The zero-order chi connectivity index (χ0) is 11.2. The third kappa shape index (κ3) is 6.62. The minimum absolute atomic E-state index is 0.196. The molecule has 0 rings (SSSR count). The summed E-state index contributed by atoms with van der Waals surface area (Å²) in [6.07, 6.45) is 0.756. The van der Waals surface area contributed by atoms with E-state index in [2.05, 4.69) is 11.9 Å². The summed E-state index contributed by atoms with van der Waals surface area (Å²) in [6, 6.07) is 0. The molecule has 0 bridgehead atoms. The molecule has 0 aromatic carbocycles. The van der Waals surface area contributed by atoms with Gasteiger partial charge in [0.15, 0.2) is 0 Å². The summed E-state index contributed by atoms with van der Waals surface area (Å²) in [5, 5.41) is 2.49. The lowest BCUT2D eigenvalue weighted by Crippen LogP contribution is -2.26. The fourth-order valence-corrected chi connectivity index (χ4v) is 1.25. The molecule has 0 radical (unpaired) electrons. The van der Waals surface area contributed by atoms with Gasteiger partial charge in [-0.1, -0.05) is 13.5 Å². The molecule has 0 spiro atoms. The van der Waals surface area contributed by atoms with Crippen LogP contribution in [-0.2, 0) is 14.9 Å². The van der Waals surface area contributed by atoms with E-state index < -0.39 is 10.1 Å². The van der Waals surface area contributed by atoms with Crippen molar-refractivity contribution in [3.63, 3.8) is 0 Å². The van der Waals surface area contributed by atoms with E-state index in [1.165, 1.54) is 0 Å². The number of amides is 1. The molecule has 2 N–H and O–H groups in total. The quantitative estimate of drug-likeness (QED) is 0.385. The molecule has 0 aliphatic carbocycles. The Kier molecular flexibility index (Phi) is 5.40. The van der Waals surface area contributed by atoms with Crippen molar-refractivity contribution in [2.75, 3.05) is 12.3 Å². The van der Waals surface area contributed by atoms with Crippen LogP contribution in [0.25, 0.3) is 0 Å². The Labute approximate surface area is 83.9 Å². The maximum absolute atomic E-state index is 11.1. The topological polar surface area (TPSA) is 83.5 Å². The van der Waals surface area contributed by atoms with Crippen LogP contribution in [0.15, 0.2) is 12.2 Å². The van der Waals surface area contributed by atoms with E-state index in [9.17, 15) is 13.2 Å².